The lowest BCUT2D eigenvalue weighted by molar-refractivity contribution is 0.0940. The molecule has 0 saturated carbocycles. The summed E-state index contributed by atoms with van der Waals surface area (Å²) < 4.78 is 14.6. The Morgan fingerprint density at radius 3 is 2.87 bits per heavy atom. The molecule has 30 heavy (non-hydrogen) atoms. The van der Waals surface area contributed by atoms with Crippen molar-refractivity contribution >= 4 is 29.5 Å². The SMILES string of the molecule is CB(O)N1CCC(NC(=O)c2cc(-c3c(C)cccc3F)cc3cnc(N)cc23)C1. The van der Waals surface area contributed by atoms with Gasteiger partial charge in [-0.05, 0) is 67.5 Å². The van der Waals surface area contributed by atoms with Crippen molar-refractivity contribution in [1.82, 2.24) is 15.1 Å². The minimum absolute atomic E-state index is 0.0693. The van der Waals surface area contributed by atoms with E-state index in [1.807, 2.05) is 23.9 Å². The second-order valence-electron chi connectivity index (χ2n) is 7.87. The van der Waals surface area contributed by atoms with Gasteiger partial charge in [-0.25, -0.2) is 9.37 Å². The second kappa shape index (κ2) is 8.05. The fraction of sp³-hybridized carbons (Fsp3) is 0.273. The van der Waals surface area contributed by atoms with Gasteiger partial charge in [0, 0.05) is 35.3 Å². The number of nitrogens with two attached hydrogens (primary N) is 1. The normalized spacial score (nSPS) is 16.7. The maximum absolute atomic E-state index is 14.6. The number of nitrogen functional groups attached to an aromatic ring is 1. The van der Waals surface area contributed by atoms with Gasteiger partial charge in [0.05, 0.1) is 0 Å². The fourth-order valence-electron chi connectivity index (χ4n) is 4.11. The molecule has 6 nitrogen and oxygen atoms in total. The molecular weight excluding hydrogens is 382 g/mol. The number of nitrogens with zero attached hydrogens (tertiary/aromatic N) is 2. The third-order valence-electron chi connectivity index (χ3n) is 5.70. The van der Waals surface area contributed by atoms with Crippen LogP contribution in [-0.4, -0.2) is 46.9 Å². The van der Waals surface area contributed by atoms with Gasteiger partial charge in [-0.3, -0.25) is 4.79 Å². The standard InChI is InChI=1S/C22H24BFN4O2/c1-13-4-3-5-19(24)21(13)14-8-15-11-26-20(25)10-17(15)18(9-14)22(29)27-16-6-7-28(12-16)23(2)30/h3-5,8-11,16,30H,6-7,12H2,1-2H3,(H2,25,26)(H,27,29). The van der Waals surface area contributed by atoms with E-state index < -0.39 is 7.05 Å². The summed E-state index contributed by atoms with van der Waals surface area (Å²) in [6.45, 7) is 4.85. The number of anilines is 1. The van der Waals surface area contributed by atoms with Crippen molar-refractivity contribution < 1.29 is 14.2 Å². The van der Waals surface area contributed by atoms with E-state index in [4.69, 9.17) is 5.73 Å². The lowest BCUT2D eigenvalue weighted by Gasteiger charge is -2.18. The molecule has 0 radical (unpaired) electrons. The lowest BCUT2D eigenvalue weighted by atomic mass is 9.86. The van der Waals surface area contributed by atoms with Crippen LogP contribution < -0.4 is 11.1 Å². The molecule has 1 aliphatic heterocycles. The van der Waals surface area contributed by atoms with Crippen molar-refractivity contribution in [3.63, 3.8) is 0 Å². The van der Waals surface area contributed by atoms with E-state index in [2.05, 4.69) is 10.3 Å². The predicted molar refractivity (Wildman–Crippen MR) is 118 cm³/mol. The summed E-state index contributed by atoms with van der Waals surface area (Å²) >= 11 is 0. The Labute approximate surface area is 175 Å². The number of nitrogens with one attached hydrogen (secondary N) is 1. The Kier molecular flexibility index (Phi) is 5.45. The summed E-state index contributed by atoms with van der Waals surface area (Å²) in [7, 11) is -0.550. The Hall–Kier alpha value is -2.97. The number of benzene rings is 2. The van der Waals surface area contributed by atoms with Gasteiger partial charge in [-0.1, -0.05) is 12.1 Å². The number of hydrogen-bond acceptors (Lipinski definition) is 5. The van der Waals surface area contributed by atoms with E-state index in [9.17, 15) is 14.2 Å². The van der Waals surface area contributed by atoms with E-state index in [-0.39, 0.29) is 17.8 Å². The zero-order chi connectivity index (χ0) is 21.4. The number of halogens is 1. The number of hydrogen-bond donors (Lipinski definition) is 3. The van der Waals surface area contributed by atoms with Crippen LogP contribution in [0, 0.1) is 12.7 Å². The van der Waals surface area contributed by atoms with Crippen LogP contribution in [0.2, 0.25) is 6.82 Å². The summed E-state index contributed by atoms with van der Waals surface area (Å²) in [5.41, 5.74) is 8.16. The molecule has 1 atom stereocenters. The number of aromatic nitrogens is 1. The molecule has 1 aromatic heterocycles. The largest absolute Gasteiger partial charge is 0.437 e. The average Bonchev–Trinajstić information content (AvgIpc) is 3.16. The first kappa shape index (κ1) is 20.3. The first-order valence-electron chi connectivity index (χ1n) is 10.0. The molecule has 0 spiro atoms. The average molecular weight is 406 g/mol. The minimum atomic E-state index is -0.550. The first-order chi connectivity index (χ1) is 14.3. The molecule has 1 fully saturated rings. The molecule has 154 valence electrons. The van der Waals surface area contributed by atoms with E-state index >= 15 is 0 Å². The van der Waals surface area contributed by atoms with Crippen LogP contribution in [0.1, 0.15) is 22.3 Å². The Balaban J connectivity index is 1.76. The zero-order valence-corrected chi connectivity index (χ0v) is 17.0. The smallest absolute Gasteiger partial charge is 0.376 e. The van der Waals surface area contributed by atoms with Crippen molar-refractivity contribution in [2.75, 3.05) is 18.8 Å². The van der Waals surface area contributed by atoms with Crippen LogP contribution in [0.3, 0.4) is 0 Å². The van der Waals surface area contributed by atoms with Crippen LogP contribution in [0.15, 0.2) is 42.6 Å². The van der Waals surface area contributed by atoms with Gasteiger partial charge >= 0.3 is 7.05 Å². The number of carbonyl (C=O) groups excluding carboxylic acids is 1. The Morgan fingerprint density at radius 1 is 1.37 bits per heavy atom. The number of carbonyl (C=O) groups is 1. The maximum atomic E-state index is 14.6. The molecule has 4 rings (SSSR count). The summed E-state index contributed by atoms with van der Waals surface area (Å²) in [6.07, 6.45) is 2.36. The van der Waals surface area contributed by atoms with E-state index in [0.717, 1.165) is 12.0 Å². The maximum Gasteiger partial charge on any atom is 0.376 e. The monoisotopic (exact) mass is 406 g/mol. The molecule has 1 saturated heterocycles. The Bertz CT molecular complexity index is 1100. The van der Waals surface area contributed by atoms with Gasteiger partial charge < -0.3 is 20.9 Å². The van der Waals surface area contributed by atoms with E-state index in [1.54, 1.807) is 31.2 Å². The number of rotatable bonds is 4. The highest BCUT2D eigenvalue weighted by molar-refractivity contribution is 6.45. The predicted octanol–water partition coefficient (Wildman–Crippen LogP) is 2.85. The third kappa shape index (κ3) is 3.88. The van der Waals surface area contributed by atoms with Crippen LogP contribution >= 0.6 is 0 Å². The molecule has 2 aromatic carbocycles. The molecule has 1 amide bonds. The highest BCUT2D eigenvalue weighted by Crippen LogP contribution is 2.32. The van der Waals surface area contributed by atoms with Gasteiger partial charge in [0.1, 0.15) is 11.6 Å². The van der Waals surface area contributed by atoms with E-state index in [1.165, 1.54) is 6.07 Å². The fourth-order valence-corrected chi connectivity index (χ4v) is 4.11. The van der Waals surface area contributed by atoms with Crippen LogP contribution in [0.4, 0.5) is 10.2 Å². The number of pyridine rings is 1. The van der Waals surface area contributed by atoms with Gasteiger partial charge in [0.2, 0.25) is 0 Å². The van der Waals surface area contributed by atoms with Gasteiger partial charge in [-0.2, -0.15) is 0 Å². The summed E-state index contributed by atoms with van der Waals surface area (Å²) in [4.78, 5) is 19.3. The molecule has 1 unspecified atom stereocenters. The third-order valence-corrected chi connectivity index (χ3v) is 5.70. The highest BCUT2D eigenvalue weighted by Gasteiger charge is 2.29. The molecule has 0 aliphatic carbocycles. The number of amides is 1. The van der Waals surface area contributed by atoms with Crippen molar-refractivity contribution in [2.45, 2.75) is 26.2 Å². The summed E-state index contributed by atoms with van der Waals surface area (Å²) in [6, 6.07) is 10.1. The molecule has 8 heteroatoms. The second-order valence-corrected chi connectivity index (χ2v) is 7.87. The van der Waals surface area contributed by atoms with E-state index in [0.29, 0.717) is 46.4 Å². The first-order valence-corrected chi connectivity index (χ1v) is 10.0. The summed E-state index contributed by atoms with van der Waals surface area (Å²) in [5, 5.41) is 14.2. The minimum Gasteiger partial charge on any atom is -0.437 e. The lowest BCUT2D eigenvalue weighted by Crippen LogP contribution is -2.40. The Morgan fingerprint density at radius 2 is 2.17 bits per heavy atom. The molecule has 2 heterocycles. The molecule has 3 aromatic rings. The molecule has 0 bridgehead atoms. The van der Waals surface area contributed by atoms with Crippen LogP contribution in [0.5, 0.6) is 0 Å². The van der Waals surface area contributed by atoms with Crippen molar-refractivity contribution in [3.05, 3.63) is 59.5 Å². The van der Waals surface area contributed by atoms with Crippen LogP contribution in [-0.2, 0) is 0 Å². The number of aryl methyl sites for hydroxylation is 1. The van der Waals surface area contributed by atoms with Crippen LogP contribution in [0.25, 0.3) is 21.9 Å². The van der Waals surface area contributed by atoms with Crippen molar-refractivity contribution in [1.29, 1.82) is 0 Å². The van der Waals surface area contributed by atoms with Gasteiger partial charge in [-0.15, -0.1) is 0 Å². The van der Waals surface area contributed by atoms with Crippen molar-refractivity contribution in [2.24, 2.45) is 0 Å². The highest BCUT2D eigenvalue weighted by atomic mass is 19.1. The molecule has 4 N–H and O–H groups in total. The van der Waals surface area contributed by atoms with Crippen molar-refractivity contribution in [3.8, 4) is 11.1 Å². The summed E-state index contributed by atoms with van der Waals surface area (Å²) in [5.74, 6) is -0.279. The zero-order valence-electron chi connectivity index (χ0n) is 17.0. The molecule has 1 aliphatic rings. The molecular formula is C22H24BFN4O2. The quantitative estimate of drug-likeness (QED) is 0.580. The number of fused-ring (bicyclic) bond motifs is 1. The topological polar surface area (TPSA) is 91.5 Å². The van der Waals surface area contributed by atoms with Gasteiger partial charge in [0.15, 0.2) is 0 Å². The van der Waals surface area contributed by atoms with Gasteiger partial charge in [0.25, 0.3) is 5.91 Å².